The van der Waals surface area contributed by atoms with E-state index in [4.69, 9.17) is 10.00 Å². The summed E-state index contributed by atoms with van der Waals surface area (Å²) in [6.07, 6.45) is 1.48. The number of nitrogens with one attached hydrogen (secondary N) is 1. The summed E-state index contributed by atoms with van der Waals surface area (Å²) < 4.78 is 5.06. The Balaban J connectivity index is 2.23. The quantitative estimate of drug-likeness (QED) is 0.867. The second-order valence-corrected chi connectivity index (χ2v) is 3.26. The Morgan fingerprint density at radius 2 is 2.00 bits per heavy atom. The summed E-state index contributed by atoms with van der Waals surface area (Å²) in [5.74, 6) is 1.22. The van der Waals surface area contributed by atoms with Gasteiger partial charge in [-0.15, -0.1) is 5.10 Å². The van der Waals surface area contributed by atoms with Crippen molar-refractivity contribution in [3.63, 3.8) is 0 Å². The van der Waals surface area contributed by atoms with E-state index in [1.54, 1.807) is 13.2 Å². The molecule has 0 unspecified atom stereocenters. The van der Waals surface area contributed by atoms with Crippen molar-refractivity contribution >= 4 is 11.5 Å². The van der Waals surface area contributed by atoms with Gasteiger partial charge in [0.2, 0.25) is 0 Å². The van der Waals surface area contributed by atoms with Gasteiger partial charge in [0, 0.05) is 5.69 Å². The summed E-state index contributed by atoms with van der Waals surface area (Å²) in [5.41, 5.74) is 1.28. The van der Waals surface area contributed by atoms with E-state index < -0.39 is 0 Å². The van der Waals surface area contributed by atoms with Crippen LogP contribution in [-0.4, -0.2) is 17.3 Å². The summed E-state index contributed by atoms with van der Waals surface area (Å²) in [7, 11) is 1.61. The van der Waals surface area contributed by atoms with Gasteiger partial charge in [-0.2, -0.15) is 10.4 Å². The third kappa shape index (κ3) is 2.49. The van der Waals surface area contributed by atoms with E-state index in [-0.39, 0.29) is 0 Å². The highest BCUT2D eigenvalue weighted by molar-refractivity contribution is 5.62. The molecule has 5 heteroatoms. The molecule has 0 radical (unpaired) electrons. The average molecular weight is 226 g/mol. The van der Waals surface area contributed by atoms with Crippen molar-refractivity contribution in [3.05, 3.63) is 42.1 Å². The van der Waals surface area contributed by atoms with Crippen molar-refractivity contribution < 1.29 is 4.74 Å². The van der Waals surface area contributed by atoms with E-state index in [1.165, 1.54) is 6.20 Å². The number of hydrogen-bond donors (Lipinski definition) is 1. The van der Waals surface area contributed by atoms with Crippen LogP contribution in [0.1, 0.15) is 5.56 Å². The fourth-order valence-corrected chi connectivity index (χ4v) is 1.33. The molecule has 1 aromatic heterocycles. The molecule has 2 rings (SSSR count). The van der Waals surface area contributed by atoms with E-state index in [9.17, 15) is 0 Å². The van der Waals surface area contributed by atoms with Crippen molar-refractivity contribution in [2.24, 2.45) is 0 Å². The van der Waals surface area contributed by atoms with E-state index in [2.05, 4.69) is 15.5 Å². The maximum Gasteiger partial charge on any atom is 0.171 e. The molecule has 5 nitrogen and oxygen atoms in total. The summed E-state index contributed by atoms with van der Waals surface area (Å²) in [5, 5.41) is 19.5. The summed E-state index contributed by atoms with van der Waals surface area (Å²) in [6.45, 7) is 0. The van der Waals surface area contributed by atoms with Crippen molar-refractivity contribution in [1.29, 1.82) is 5.26 Å². The third-order valence-electron chi connectivity index (χ3n) is 2.19. The number of rotatable bonds is 3. The Bertz CT molecular complexity index is 545. The van der Waals surface area contributed by atoms with Gasteiger partial charge in [-0.1, -0.05) is 0 Å². The molecular weight excluding hydrogens is 216 g/mol. The van der Waals surface area contributed by atoms with Crippen LogP contribution in [0.5, 0.6) is 5.75 Å². The SMILES string of the molecule is COc1ccc(Nc2nnccc2C#N)cc1. The van der Waals surface area contributed by atoms with Crippen molar-refractivity contribution in [1.82, 2.24) is 10.2 Å². The third-order valence-corrected chi connectivity index (χ3v) is 2.19. The Labute approximate surface area is 98.7 Å². The number of methoxy groups -OCH3 is 1. The predicted octanol–water partition coefficient (Wildman–Crippen LogP) is 2.10. The van der Waals surface area contributed by atoms with Gasteiger partial charge >= 0.3 is 0 Å². The molecule has 0 saturated carbocycles. The first-order chi connectivity index (χ1) is 8.33. The van der Waals surface area contributed by atoms with Crippen LogP contribution < -0.4 is 10.1 Å². The van der Waals surface area contributed by atoms with Crippen molar-refractivity contribution in [2.75, 3.05) is 12.4 Å². The second-order valence-electron chi connectivity index (χ2n) is 3.26. The fourth-order valence-electron chi connectivity index (χ4n) is 1.33. The van der Waals surface area contributed by atoms with Gasteiger partial charge in [0.1, 0.15) is 11.8 Å². The van der Waals surface area contributed by atoms with Crippen LogP contribution in [0.2, 0.25) is 0 Å². The number of ether oxygens (including phenoxy) is 1. The van der Waals surface area contributed by atoms with Crippen molar-refractivity contribution in [2.45, 2.75) is 0 Å². The normalized spacial score (nSPS) is 9.41. The minimum atomic E-state index is 0.445. The maximum atomic E-state index is 8.90. The number of nitrogens with zero attached hydrogens (tertiary/aromatic N) is 3. The Morgan fingerprint density at radius 3 is 2.65 bits per heavy atom. The van der Waals surface area contributed by atoms with Crippen LogP contribution in [0.15, 0.2) is 36.5 Å². The van der Waals surface area contributed by atoms with Crippen LogP contribution >= 0.6 is 0 Å². The lowest BCUT2D eigenvalue weighted by molar-refractivity contribution is 0.415. The minimum absolute atomic E-state index is 0.445. The number of hydrogen-bond acceptors (Lipinski definition) is 5. The topological polar surface area (TPSA) is 70.8 Å². The van der Waals surface area contributed by atoms with E-state index >= 15 is 0 Å². The number of aromatic nitrogens is 2. The lowest BCUT2D eigenvalue weighted by Crippen LogP contribution is -1.98. The summed E-state index contributed by atoms with van der Waals surface area (Å²) in [4.78, 5) is 0. The smallest absolute Gasteiger partial charge is 0.171 e. The van der Waals surface area contributed by atoms with Crippen molar-refractivity contribution in [3.8, 4) is 11.8 Å². The zero-order chi connectivity index (χ0) is 12.1. The molecule has 0 aliphatic carbocycles. The molecule has 1 aromatic carbocycles. The average Bonchev–Trinajstić information content (AvgIpc) is 2.40. The fraction of sp³-hybridized carbons (Fsp3) is 0.0833. The zero-order valence-corrected chi connectivity index (χ0v) is 9.21. The van der Waals surface area contributed by atoms with Gasteiger partial charge in [0.25, 0.3) is 0 Å². The predicted molar refractivity (Wildman–Crippen MR) is 63.0 cm³/mol. The van der Waals surface area contributed by atoms with Gasteiger partial charge in [-0.25, -0.2) is 0 Å². The van der Waals surface area contributed by atoms with Gasteiger partial charge in [-0.3, -0.25) is 0 Å². The highest BCUT2D eigenvalue weighted by atomic mass is 16.5. The molecule has 0 atom stereocenters. The van der Waals surface area contributed by atoms with Gasteiger partial charge < -0.3 is 10.1 Å². The first-order valence-corrected chi connectivity index (χ1v) is 4.96. The lowest BCUT2D eigenvalue weighted by atomic mass is 10.2. The molecule has 0 aliphatic rings. The van der Waals surface area contributed by atoms with E-state index in [1.807, 2.05) is 30.3 Å². The molecule has 2 aromatic rings. The van der Waals surface area contributed by atoms with Crippen LogP contribution in [0.25, 0.3) is 0 Å². The monoisotopic (exact) mass is 226 g/mol. The summed E-state index contributed by atoms with van der Waals surface area (Å²) >= 11 is 0. The first-order valence-electron chi connectivity index (χ1n) is 4.96. The van der Waals surface area contributed by atoms with Crippen LogP contribution in [0, 0.1) is 11.3 Å². The highest BCUT2D eigenvalue weighted by Gasteiger charge is 2.03. The molecule has 84 valence electrons. The Kier molecular flexibility index (Phi) is 3.17. The van der Waals surface area contributed by atoms with Gasteiger partial charge in [0.05, 0.1) is 18.9 Å². The molecule has 0 amide bonds. The molecule has 1 N–H and O–H groups in total. The highest BCUT2D eigenvalue weighted by Crippen LogP contribution is 2.19. The Hall–Kier alpha value is -2.61. The minimum Gasteiger partial charge on any atom is -0.497 e. The molecule has 17 heavy (non-hydrogen) atoms. The lowest BCUT2D eigenvalue weighted by Gasteiger charge is -2.06. The van der Waals surface area contributed by atoms with Crippen LogP contribution in [0.4, 0.5) is 11.5 Å². The van der Waals surface area contributed by atoms with Gasteiger partial charge in [-0.05, 0) is 30.3 Å². The standard InChI is InChI=1S/C12H10N4O/c1-17-11-4-2-10(3-5-11)15-12-9(8-13)6-7-14-16-12/h2-7H,1H3,(H,15,16). The first kappa shape index (κ1) is 10.9. The maximum absolute atomic E-state index is 8.90. The molecular formula is C12H10N4O. The summed E-state index contributed by atoms with van der Waals surface area (Å²) in [6, 6.07) is 11.0. The van der Waals surface area contributed by atoms with E-state index in [0.29, 0.717) is 11.4 Å². The van der Waals surface area contributed by atoms with Crippen LogP contribution in [0.3, 0.4) is 0 Å². The Morgan fingerprint density at radius 1 is 1.24 bits per heavy atom. The molecule has 0 fully saturated rings. The zero-order valence-electron chi connectivity index (χ0n) is 9.21. The van der Waals surface area contributed by atoms with E-state index in [0.717, 1.165) is 11.4 Å². The molecule has 0 aliphatic heterocycles. The molecule has 0 spiro atoms. The largest absolute Gasteiger partial charge is 0.497 e. The molecule has 1 heterocycles. The van der Waals surface area contributed by atoms with Crippen LogP contribution in [-0.2, 0) is 0 Å². The number of nitriles is 1. The molecule has 0 bridgehead atoms. The number of benzene rings is 1. The second kappa shape index (κ2) is 4.94. The molecule has 0 saturated heterocycles. The number of anilines is 2. The van der Waals surface area contributed by atoms with Gasteiger partial charge in [0.15, 0.2) is 5.82 Å².